The molecule has 0 spiro atoms. The predicted molar refractivity (Wildman–Crippen MR) is 116 cm³/mol. The van der Waals surface area contributed by atoms with Crippen LogP contribution in [0, 0.1) is 0 Å². The van der Waals surface area contributed by atoms with E-state index >= 15 is 0 Å². The van der Waals surface area contributed by atoms with Crippen LogP contribution in [0.15, 0.2) is 34.7 Å². The van der Waals surface area contributed by atoms with Crippen molar-refractivity contribution in [2.75, 3.05) is 18.2 Å². The van der Waals surface area contributed by atoms with Gasteiger partial charge in [0.1, 0.15) is 10.7 Å². The molecule has 3 aliphatic heterocycles. The van der Waals surface area contributed by atoms with Crippen LogP contribution in [0.5, 0.6) is 11.5 Å². The Hall–Kier alpha value is -3.27. The van der Waals surface area contributed by atoms with Gasteiger partial charge in [0.25, 0.3) is 5.91 Å². The number of nitrogens with zero attached hydrogens (tertiary/aromatic N) is 3. The fraction of sp³-hybridized carbons (Fsp3) is 0.381. The van der Waals surface area contributed by atoms with Crippen LogP contribution in [0.1, 0.15) is 41.4 Å². The topological polar surface area (TPSA) is 95.5 Å². The van der Waals surface area contributed by atoms with Gasteiger partial charge >= 0.3 is 0 Å². The number of ether oxygens (including phenoxy) is 2. The van der Waals surface area contributed by atoms with Crippen LogP contribution in [0.4, 0.5) is 5.69 Å². The Morgan fingerprint density at radius 3 is 3.06 bits per heavy atom. The SMILES string of the molecule is CCCN1C(=O)c2sccc2N2C(CCC(=O)NCc3ccc4c(c3)OCO4)=NNC12. The van der Waals surface area contributed by atoms with E-state index < -0.39 is 0 Å². The van der Waals surface area contributed by atoms with Crippen molar-refractivity contribution in [1.29, 1.82) is 0 Å². The minimum Gasteiger partial charge on any atom is -0.454 e. The normalized spacial score (nSPS) is 18.4. The number of hydrogen-bond donors (Lipinski definition) is 2. The average Bonchev–Trinajstić information content (AvgIpc) is 3.52. The minimum atomic E-state index is -0.332. The molecule has 0 radical (unpaired) electrons. The highest BCUT2D eigenvalue weighted by Gasteiger charge is 2.43. The van der Waals surface area contributed by atoms with E-state index in [0.717, 1.165) is 29.3 Å². The molecular weight excluding hydrogens is 418 g/mol. The third kappa shape index (κ3) is 3.56. The average molecular weight is 442 g/mol. The first kappa shape index (κ1) is 19.7. The molecule has 2 amide bonds. The Bertz CT molecular complexity index is 1050. The van der Waals surface area contributed by atoms with Crippen molar-refractivity contribution in [1.82, 2.24) is 15.6 Å². The zero-order valence-electron chi connectivity index (χ0n) is 17.1. The van der Waals surface area contributed by atoms with Gasteiger partial charge in [-0.25, -0.2) is 0 Å². The van der Waals surface area contributed by atoms with Crippen molar-refractivity contribution < 1.29 is 19.1 Å². The molecule has 31 heavy (non-hydrogen) atoms. The molecule has 3 aliphatic rings. The molecule has 0 saturated heterocycles. The number of thiophene rings is 1. The predicted octanol–water partition coefficient (Wildman–Crippen LogP) is 2.45. The Labute approximate surface area is 183 Å². The van der Waals surface area contributed by atoms with Gasteiger partial charge in [0.2, 0.25) is 19.0 Å². The van der Waals surface area contributed by atoms with Gasteiger partial charge < -0.3 is 14.8 Å². The zero-order valence-corrected chi connectivity index (χ0v) is 17.9. The van der Waals surface area contributed by atoms with E-state index in [-0.39, 0.29) is 24.9 Å². The molecule has 162 valence electrons. The monoisotopic (exact) mass is 441 g/mol. The Morgan fingerprint density at radius 2 is 2.19 bits per heavy atom. The zero-order chi connectivity index (χ0) is 21.4. The molecule has 1 aromatic carbocycles. The molecule has 0 saturated carbocycles. The van der Waals surface area contributed by atoms with E-state index in [2.05, 4.69) is 15.8 Å². The molecule has 1 atom stereocenters. The van der Waals surface area contributed by atoms with E-state index in [1.807, 2.05) is 41.5 Å². The lowest BCUT2D eigenvalue weighted by Gasteiger charge is -2.39. The lowest BCUT2D eigenvalue weighted by Crippen LogP contribution is -2.58. The van der Waals surface area contributed by atoms with E-state index in [0.29, 0.717) is 36.6 Å². The highest BCUT2D eigenvalue weighted by atomic mass is 32.1. The molecule has 0 fully saturated rings. The number of carbonyl (C=O) groups is 2. The number of anilines is 1. The number of hydrogen-bond acceptors (Lipinski definition) is 8. The molecule has 5 rings (SSSR count). The highest BCUT2D eigenvalue weighted by molar-refractivity contribution is 7.12. The number of amidine groups is 1. The van der Waals surface area contributed by atoms with Crippen LogP contribution in [0.3, 0.4) is 0 Å². The molecule has 1 unspecified atom stereocenters. The summed E-state index contributed by atoms with van der Waals surface area (Å²) < 4.78 is 10.7. The first-order valence-electron chi connectivity index (χ1n) is 10.3. The number of fused-ring (bicyclic) bond motifs is 4. The van der Waals surface area contributed by atoms with Crippen molar-refractivity contribution in [3.8, 4) is 11.5 Å². The van der Waals surface area contributed by atoms with Gasteiger partial charge in [-0.3, -0.25) is 24.8 Å². The summed E-state index contributed by atoms with van der Waals surface area (Å²) in [5.41, 5.74) is 4.88. The molecule has 4 heterocycles. The van der Waals surface area contributed by atoms with E-state index in [4.69, 9.17) is 9.47 Å². The van der Waals surface area contributed by atoms with Crippen molar-refractivity contribution in [3.05, 3.63) is 40.1 Å². The highest BCUT2D eigenvalue weighted by Crippen LogP contribution is 2.37. The summed E-state index contributed by atoms with van der Waals surface area (Å²) in [5.74, 6) is 2.15. The Kier molecular flexibility index (Phi) is 5.14. The molecule has 0 bridgehead atoms. The van der Waals surface area contributed by atoms with Gasteiger partial charge in [0.15, 0.2) is 11.5 Å². The first-order valence-corrected chi connectivity index (χ1v) is 11.2. The number of hydrazone groups is 1. The molecule has 2 aromatic rings. The van der Waals surface area contributed by atoms with Crippen molar-refractivity contribution in [2.45, 2.75) is 39.0 Å². The fourth-order valence-electron chi connectivity index (χ4n) is 3.96. The summed E-state index contributed by atoms with van der Waals surface area (Å²) in [5, 5.41) is 9.31. The van der Waals surface area contributed by atoms with Gasteiger partial charge in [-0.05, 0) is 35.6 Å². The van der Waals surface area contributed by atoms with Crippen LogP contribution in [-0.2, 0) is 11.3 Å². The summed E-state index contributed by atoms with van der Waals surface area (Å²) in [6.07, 6.45) is 1.30. The maximum Gasteiger partial charge on any atom is 0.269 e. The summed E-state index contributed by atoms with van der Waals surface area (Å²) in [4.78, 5) is 29.8. The Morgan fingerprint density at radius 1 is 1.32 bits per heavy atom. The number of rotatable bonds is 7. The number of carbonyl (C=O) groups excluding carboxylic acids is 2. The fourth-order valence-corrected chi connectivity index (χ4v) is 4.80. The molecule has 10 heteroatoms. The Balaban J connectivity index is 1.21. The van der Waals surface area contributed by atoms with Crippen LogP contribution >= 0.6 is 11.3 Å². The van der Waals surface area contributed by atoms with Crippen LogP contribution < -0.4 is 25.1 Å². The van der Waals surface area contributed by atoms with E-state index in [1.165, 1.54) is 11.3 Å². The second-order valence-corrected chi connectivity index (χ2v) is 8.41. The molecule has 1 aromatic heterocycles. The molecular formula is C21H23N5O4S. The maximum absolute atomic E-state index is 12.8. The van der Waals surface area contributed by atoms with Gasteiger partial charge in [0, 0.05) is 25.9 Å². The standard InChI is InChI=1S/C21H23N5O4S/c1-2-8-25-20(28)19-14(7-9-31-19)26-17(23-24-21(25)26)5-6-18(27)22-11-13-3-4-15-16(10-13)30-12-29-15/h3-4,7,9-10,21,24H,2,5-6,8,11-12H2,1H3,(H,22,27). The molecule has 9 nitrogen and oxygen atoms in total. The number of nitrogens with one attached hydrogen (secondary N) is 2. The van der Waals surface area contributed by atoms with Crippen molar-refractivity contribution in [2.24, 2.45) is 5.10 Å². The summed E-state index contributed by atoms with van der Waals surface area (Å²) in [6.45, 7) is 3.33. The first-order chi connectivity index (χ1) is 15.2. The number of benzene rings is 1. The van der Waals surface area contributed by atoms with Gasteiger partial charge in [-0.1, -0.05) is 13.0 Å². The van der Waals surface area contributed by atoms with Gasteiger partial charge in [-0.2, -0.15) is 5.10 Å². The van der Waals surface area contributed by atoms with Gasteiger partial charge in [0.05, 0.1) is 5.69 Å². The van der Waals surface area contributed by atoms with Crippen LogP contribution in [-0.4, -0.2) is 42.2 Å². The third-order valence-corrected chi connectivity index (χ3v) is 6.34. The summed E-state index contributed by atoms with van der Waals surface area (Å²) >= 11 is 1.44. The van der Waals surface area contributed by atoms with Gasteiger partial charge in [-0.15, -0.1) is 11.3 Å². The van der Waals surface area contributed by atoms with Crippen LogP contribution in [0.25, 0.3) is 0 Å². The van der Waals surface area contributed by atoms with Crippen LogP contribution in [0.2, 0.25) is 0 Å². The molecule has 2 N–H and O–H groups in total. The third-order valence-electron chi connectivity index (χ3n) is 5.45. The second-order valence-electron chi connectivity index (χ2n) is 7.50. The lowest BCUT2D eigenvalue weighted by atomic mass is 10.1. The summed E-state index contributed by atoms with van der Waals surface area (Å²) in [6, 6.07) is 7.58. The van der Waals surface area contributed by atoms with E-state index in [1.54, 1.807) is 4.90 Å². The number of amides is 2. The van der Waals surface area contributed by atoms with Crippen molar-refractivity contribution in [3.63, 3.8) is 0 Å². The van der Waals surface area contributed by atoms with Crippen molar-refractivity contribution >= 4 is 34.7 Å². The molecule has 0 aliphatic carbocycles. The second kappa shape index (κ2) is 8.10. The lowest BCUT2D eigenvalue weighted by molar-refractivity contribution is -0.121. The quantitative estimate of drug-likeness (QED) is 0.685. The smallest absolute Gasteiger partial charge is 0.269 e. The maximum atomic E-state index is 12.8. The largest absolute Gasteiger partial charge is 0.454 e. The van der Waals surface area contributed by atoms with E-state index in [9.17, 15) is 9.59 Å². The summed E-state index contributed by atoms with van der Waals surface area (Å²) in [7, 11) is 0. The minimum absolute atomic E-state index is 0.0264.